The molecular weight excluding hydrogens is 379 g/mol. The maximum atomic E-state index is 12.4. The number of ether oxygens (including phenoxy) is 1. The number of carbonyl (C=O) groups excluding carboxylic acids is 1. The first kappa shape index (κ1) is 15.9. The van der Waals surface area contributed by atoms with Crippen LogP contribution in [0.25, 0.3) is 0 Å². The topological polar surface area (TPSA) is 64.3 Å². The van der Waals surface area contributed by atoms with Crippen LogP contribution in [-0.2, 0) is 0 Å². The third-order valence-electron chi connectivity index (χ3n) is 2.70. The van der Waals surface area contributed by atoms with Gasteiger partial charge in [0.05, 0.1) is 23.4 Å². The van der Waals surface area contributed by atoms with Gasteiger partial charge in [-0.15, -0.1) is 0 Å². The lowest BCUT2D eigenvalue weighted by atomic mass is 10.1. The maximum absolute atomic E-state index is 12.4. The van der Waals surface area contributed by atoms with Crippen LogP contribution in [0.5, 0.6) is 5.75 Å². The summed E-state index contributed by atoms with van der Waals surface area (Å²) in [4.78, 5) is 12.4. The van der Waals surface area contributed by atoms with Gasteiger partial charge in [0.15, 0.2) is 0 Å². The first-order valence-corrected chi connectivity index (χ1v) is 7.36. The molecule has 0 unspecified atom stereocenters. The second kappa shape index (κ2) is 6.56. The van der Waals surface area contributed by atoms with Crippen LogP contribution in [0.3, 0.4) is 0 Å². The molecule has 0 saturated heterocycles. The molecule has 0 aliphatic heterocycles. The molecule has 3 N–H and O–H groups in total. The van der Waals surface area contributed by atoms with Crippen molar-refractivity contribution in [2.45, 2.75) is 0 Å². The van der Waals surface area contributed by atoms with Gasteiger partial charge in [-0.1, -0.05) is 23.2 Å². The summed E-state index contributed by atoms with van der Waals surface area (Å²) >= 11 is 15.3. The van der Waals surface area contributed by atoms with Gasteiger partial charge in [-0.2, -0.15) is 0 Å². The number of amides is 1. The van der Waals surface area contributed by atoms with Crippen molar-refractivity contribution in [1.82, 2.24) is 0 Å². The second-order valence-electron chi connectivity index (χ2n) is 4.16. The van der Waals surface area contributed by atoms with Crippen molar-refractivity contribution in [3.63, 3.8) is 0 Å². The predicted octanol–water partition coefficient (Wildman–Crippen LogP) is 4.60. The normalized spacial score (nSPS) is 10.3. The van der Waals surface area contributed by atoms with Gasteiger partial charge >= 0.3 is 0 Å². The van der Waals surface area contributed by atoms with Crippen molar-refractivity contribution >= 4 is 56.4 Å². The Morgan fingerprint density at radius 2 is 2.00 bits per heavy atom. The van der Waals surface area contributed by atoms with Gasteiger partial charge < -0.3 is 15.8 Å². The quantitative estimate of drug-likeness (QED) is 0.754. The van der Waals surface area contributed by atoms with Crippen LogP contribution in [0.2, 0.25) is 10.0 Å². The van der Waals surface area contributed by atoms with E-state index in [1.807, 2.05) is 0 Å². The van der Waals surface area contributed by atoms with E-state index in [-0.39, 0.29) is 22.2 Å². The Bertz CT molecular complexity index is 708. The molecule has 0 aliphatic carbocycles. The van der Waals surface area contributed by atoms with Crippen molar-refractivity contribution in [3.05, 3.63) is 50.4 Å². The highest BCUT2D eigenvalue weighted by Gasteiger charge is 2.17. The van der Waals surface area contributed by atoms with E-state index in [4.69, 9.17) is 33.7 Å². The molecule has 0 bridgehead atoms. The summed E-state index contributed by atoms with van der Waals surface area (Å²) in [6.45, 7) is 0. The average molecular weight is 390 g/mol. The van der Waals surface area contributed by atoms with Crippen molar-refractivity contribution in [3.8, 4) is 5.75 Å². The third-order valence-corrected chi connectivity index (χ3v) is 3.85. The molecular formula is C14H11BrCl2N2O2. The standard InChI is InChI=1S/C14H11BrCl2N2O2/c1-21-13-9(4-7(16)5-11(13)17)14(20)19-12-3-2-8(18)6-10(12)15/h2-6H,18H2,1H3,(H,19,20). The summed E-state index contributed by atoms with van der Waals surface area (Å²) < 4.78 is 5.83. The number of anilines is 2. The van der Waals surface area contributed by atoms with Crippen molar-refractivity contribution < 1.29 is 9.53 Å². The van der Waals surface area contributed by atoms with Crippen LogP contribution in [0, 0.1) is 0 Å². The summed E-state index contributed by atoms with van der Waals surface area (Å²) in [5.41, 5.74) is 7.07. The summed E-state index contributed by atoms with van der Waals surface area (Å²) in [6, 6.07) is 8.07. The van der Waals surface area contributed by atoms with E-state index in [0.717, 1.165) is 0 Å². The molecule has 2 aromatic carbocycles. The molecule has 0 saturated carbocycles. The zero-order valence-electron chi connectivity index (χ0n) is 10.9. The summed E-state index contributed by atoms with van der Waals surface area (Å²) in [6.07, 6.45) is 0. The number of nitrogen functional groups attached to an aromatic ring is 1. The van der Waals surface area contributed by atoms with Gasteiger partial charge in [0.1, 0.15) is 5.75 Å². The number of benzene rings is 2. The van der Waals surface area contributed by atoms with Gasteiger partial charge in [-0.05, 0) is 46.3 Å². The molecule has 2 aromatic rings. The number of methoxy groups -OCH3 is 1. The van der Waals surface area contributed by atoms with E-state index in [1.165, 1.54) is 19.2 Å². The fraction of sp³-hybridized carbons (Fsp3) is 0.0714. The molecule has 7 heteroatoms. The molecule has 4 nitrogen and oxygen atoms in total. The molecule has 21 heavy (non-hydrogen) atoms. The van der Waals surface area contributed by atoms with Crippen molar-refractivity contribution in [2.24, 2.45) is 0 Å². The summed E-state index contributed by atoms with van der Waals surface area (Å²) in [5.74, 6) is -0.119. The molecule has 0 aromatic heterocycles. The van der Waals surface area contributed by atoms with E-state index in [1.54, 1.807) is 18.2 Å². The van der Waals surface area contributed by atoms with Crippen molar-refractivity contribution in [2.75, 3.05) is 18.2 Å². The molecule has 0 heterocycles. The van der Waals surface area contributed by atoms with E-state index in [9.17, 15) is 4.79 Å². The first-order valence-electron chi connectivity index (χ1n) is 5.81. The van der Waals surface area contributed by atoms with Crippen LogP contribution in [-0.4, -0.2) is 13.0 Å². The number of nitrogens with one attached hydrogen (secondary N) is 1. The van der Waals surface area contributed by atoms with Crippen LogP contribution in [0.1, 0.15) is 10.4 Å². The highest BCUT2D eigenvalue weighted by molar-refractivity contribution is 9.10. The Hall–Kier alpha value is -1.43. The summed E-state index contributed by atoms with van der Waals surface area (Å²) in [5, 5.41) is 3.36. The SMILES string of the molecule is COc1c(Cl)cc(Cl)cc1C(=O)Nc1ccc(N)cc1Br. The largest absolute Gasteiger partial charge is 0.494 e. The van der Waals surface area contributed by atoms with Crippen LogP contribution in [0.4, 0.5) is 11.4 Å². The minimum absolute atomic E-state index is 0.249. The van der Waals surface area contributed by atoms with Crippen LogP contribution < -0.4 is 15.8 Å². The second-order valence-corrected chi connectivity index (χ2v) is 5.86. The number of hydrogen-bond acceptors (Lipinski definition) is 3. The molecule has 110 valence electrons. The number of halogens is 3. The molecule has 0 spiro atoms. The Morgan fingerprint density at radius 3 is 2.62 bits per heavy atom. The zero-order valence-corrected chi connectivity index (χ0v) is 14.0. The summed E-state index contributed by atoms with van der Waals surface area (Å²) in [7, 11) is 1.44. The van der Waals surface area contributed by atoms with E-state index >= 15 is 0 Å². The minimum Gasteiger partial charge on any atom is -0.494 e. The molecule has 1 amide bonds. The monoisotopic (exact) mass is 388 g/mol. The molecule has 0 atom stereocenters. The average Bonchev–Trinajstić information content (AvgIpc) is 2.41. The minimum atomic E-state index is -0.387. The van der Waals surface area contributed by atoms with Crippen molar-refractivity contribution in [1.29, 1.82) is 0 Å². The lowest BCUT2D eigenvalue weighted by Crippen LogP contribution is -2.14. The highest BCUT2D eigenvalue weighted by Crippen LogP contribution is 2.33. The number of nitrogens with two attached hydrogens (primary N) is 1. The fourth-order valence-electron chi connectivity index (χ4n) is 1.76. The molecule has 0 fully saturated rings. The lowest BCUT2D eigenvalue weighted by Gasteiger charge is -2.12. The lowest BCUT2D eigenvalue weighted by molar-refractivity contribution is 0.102. The number of hydrogen-bond donors (Lipinski definition) is 2. The fourth-order valence-corrected chi connectivity index (χ4v) is 2.83. The van der Waals surface area contributed by atoms with Gasteiger partial charge in [-0.3, -0.25) is 4.79 Å². The van der Waals surface area contributed by atoms with Crippen LogP contribution in [0.15, 0.2) is 34.8 Å². The van der Waals surface area contributed by atoms with Gasteiger partial charge in [0.25, 0.3) is 5.91 Å². The first-order chi connectivity index (χ1) is 9.92. The van der Waals surface area contributed by atoms with E-state index < -0.39 is 0 Å². The Kier molecular flexibility index (Phi) is 4.98. The van der Waals surface area contributed by atoms with E-state index in [2.05, 4.69) is 21.2 Å². The third kappa shape index (κ3) is 3.61. The molecule has 2 rings (SSSR count). The Morgan fingerprint density at radius 1 is 1.29 bits per heavy atom. The zero-order chi connectivity index (χ0) is 15.6. The maximum Gasteiger partial charge on any atom is 0.259 e. The van der Waals surface area contributed by atoms with E-state index in [0.29, 0.717) is 20.9 Å². The van der Waals surface area contributed by atoms with Crippen LogP contribution >= 0.6 is 39.1 Å². The van der Waals surface area contributed by atoms with Gasteiger partial charge in [0.2, 0.25) is 0 Å². The number of rotatable bonds is 3. The molecule has 0 radical (unpaired) electrons. The van der Waals surface area contributed by atoms with Gasteiger partial charge in [-0.25, -0.2) is 0 Å². The Labute approximate surface area is 140 Å². The molecule has 0 aliphatic rings. The predicted molar refractivity (Wildman–Crippen MR) is 89.5 cm³/mol. The highest BCUT2D eigenvalue weighted by atomic mass is 79.9. The smallest absolute Gasteiger partial charge is 0.259 e. The van der Waals surface area contributed by atoms with Gasteiger partial charge in [0, 0.05) is 15.2 Å². The Balaban J connectivity index is 2.36. The number of carbonyl (C=O) groups is 1.